The topological polar surface area (TPSA) is 0 Å². The van der Waals surface area contributed by atoms with Gasteiger partial charge >= 0.3 is 0 Å². The molecule has 1 unspecified atom stereocenters. The molecule has 0 N–H and O–H groups in total. The van der Waals surface area contributed by atoms with E-state index in [0.29, 0.717) is 16.3 Å². The Morgan fingerprint density at radius 1 is 1.24 bits per heavy atom. The summed E-state index contributed by atoms with van der Waals surface area (Å²) in [6, 6.07) is 7.33. The van der Waals surface area contributed by atoms with Crippen LogP contribution in [-0.4, -0.2) is 0 Å². The minimum Gasteiger partial charge on any atom is -0.207 e. The minimum absolute atomic E-state index is 0.0139. The van der Waals surface area contributed by atoms with E-state index in [1.165, 1.54) is 23.5 Å². The molecule has 0 bridgehead atoms. The van der Waals surface area contributed by atoms with Crippen LogP contribution in [0.5, 0.6) is 0 Å². The molecule has 0 aliphatic rings. The molecule has 5 heteroatoms. The standard InChI is InChI=1S/C12H8BrClF2S/c13-9(11-3-4-12(14)17-11)5-7-1-2-8(15)6-10(7)16/h1-4,6,9H,5H2. The van der Waals surface area contributed by atoms with Crippen LogP contribution in [0, 0.1) is 11.6 Å². The highest BCUT2D eigenvalue weighted by molar-refractivity contribution is 9.09. The molecule has 0 aliphatic carbocycles. The molecular weight excluding hydrogens is 330 g/mol. The number of thiophene rings is 1. The zero-order chi connectivity index (χ0) is 12.4. The van der Waals surface area contributed by atoms with E-state index >= 15 is 0 Å². The predicted molar refractivity (Wildman–Crippen MR) is 71.1 cm³/mol. The van der Waals surface area contributed by atoms with Gasteiger partial charge in [0, 0.05) is 10.9 Å². The third-order valence-corrected chi connectivity index (χ3v) is 4.78. The van der Waals surface area contributed by atoms with Gasteiger partial charge in [-0.05, 0) is 30.2 Å². The first-order valence-electron chi connectivity index (χ1n) is 4.89. The summed E-state index contributed by atoms with van der Waals surface area (Å²) in [5.41, 5.74) is 0.484. The van der Waals surface area contributed by atoms with Crippen LogP contribution >= 0.6 is 38.9 Å². The molecule has 1 aromatic carbocycles. The molecule has 90 valence electrons. The Morgan fingerprint density at radius 3 is 2.59 bits per heavy atom. The first-order chi connectivity index (χ1) is 8.06. The molecule has 0 spiro atoms. The van der Waals surface area contributed by atoms with Crippen molar-refractivity contribution in [3.8, 4) is 0 Å². The molecule has 0 fully saturated rings. The van der Waals surface area contributed by atoms with Crippen molar-refractivity contribution in [1.29, 1.82) is 0 Å². The molecule has 17 heavy (non-hydrogen) atoms. The van der Waals surface area contributed by atoms with Crippen LogP contribution in [-0.2, 0) is 6.42 Å². The van der Waals surface area contributed by atoms with Crippen molar-refractivity contribution in [2.75, 3.05) is 0 Å². The van der Waals surface area contributed by atoms with Gasteiger partial charge in [0.05, 0.1) is 9.16 Å². The van der Waals surface area contributed by atoms with E-state index < -0.39 is 11.6 Å². The molecular formula is C12H8BrClF2S. The normalized spacial score (nSPS) is 12.7. The molecule has 0 aliphatic heterocycles. The molecule has 0 nitrogen and oxygen atoms in total. The van der Waals surface area contributed by atoms with Crippen molar-refractivity contribution in [3.05, 3.63) is 56.7 Å². The van der Waals surface area contributed by atoms with Gasteiger partial charge in [-0.2, -0.15) is 0 Å². The molecule has 0 saturated heterocycles. The van der Waals surface area contributed by atoms with Crippen LogP contribution in [0.3, 0.4) is 0 Å². The summed E-state index contributed by atoms with van der Waals surface area (Å²) in [7, 11) is 0. The predicted octanol–water partition coefficient (Wildman–Crippen LogP) is 5.36. The summed E-state index contributed by atoms with van der Waals surface area (Å²) in [4.78, 5) is 1.01. The fourth-order valence-corrected chi connectivity index (χ4v) is 3.30. The summed E-state index contributed by atoms with van der Waals surface area (Å²) in [6.07, 6.45) is 0.461. The second-order valence-electron chi connectivity index (χ2n) is 3.55. The second kappa shape index (κ2) is 5.46. The van der Waals surface area contributed by atoms with E-state index in [9.17, 15) is 8.78 Å². The van der Waals surface area contributed by atoms with Gasteiger partial charge in [-0.1, -0.05) is 33.6 Å². The van der Waals surface area contributed by atoms with Gasteiger partial charge in [-0.25, -0.2) is 8.78 Å². The maximum atomic E-state index is 13.4. The van der Waals surface area contributed by atoms with Gasteiger partial charge in [0.25, 0.3) is 0 Å². The van der Waals surface area contributed by atoms with Crippen molar-refractivity contribution in [2.45, 2.75) is 11.2 Å². The van der Waals surface area contributed by atoms with Crippen LogP contribution in [0.25, 0.3) is 0 Å². The fraction of sp³-hybridized carbons (Fsp3) is 0.167. The highest BCUT2D eigenvalue weighted by atomic mass is 79.9. The summed E-state index contributed by atoms with van der Waals surface area (Å²) in [5, 5.41) is 0. The summed E-state index contributed by atoms with van der Waals surface area (Å²) < 4.78 is 26.9. The number of halogens is 4. The average molecular weight is 338 g/mol. The Bertz CT molecular complexity index is 527. The summed E-state index contributed by atoms with van der Waals surface area (Å²) in [5.74, 6) is -1.08. The quantitative estimate of drug-likeness (QED) is 0.662. The molecule has 2 aromatic rings. The zero-order valence-electron chi connectivity index (χ0n) is 8.59. The molecule has 0 amide bonds. The maximum absolute atomic E-state index is 13.4. The smallest absolute Gasteiger partial charge is 0.129 e. The highest BCUT2D eigenvalue weighted by Crippen LogP contribution is 2.34. The molecule has 1 atom stereocenters. The Balaban J connectivity index is 2.15. The highest BCUT2D eigenvalue weighted by Gasteiger charge is 2.13. The van der Waals surface area contributed by atoms with Gasteiger partial charge in [-0.3, -0.25) is 0 Å². The van der Waals surface area contributed by atoms with E-state index in [1.54, 1.807) is 6.07 Å². The van der Waals surface area contributed by atoms with Crippen LogP contribution < -0.4 is 0 Å². The molecule has 1 heterocycles. The SMILES string of the molecule is Fc1ccc(CC(Br)c2ccc(Cl)s2)c(F)c1. The lowest BCUT2D eigenvalue weighted by Gasteiger charge is -2.08. The number of alkyl halides is 1. The van der Waals surface area contributed by atoms with Gasteiger partial charge in [-0.15, -0.1) is 11.3 Å². The maximum Gasteiger partial charge on any atom is 0.129 e. The van der Waals surface area contributed by atoms with Gasteiger partial charge < -0.3 is 0 Å². The number of rotatable bonds is 3. The largest absolute Gasteiger partial charge is 0.207 e. The number of hydrogen-bond acceptors (Lipinski definition) is 1. The molecule has 0 saturated carbocycles. The lowest BCUT2D eigenvalue weighted by molar-refractivity contribution is 0.571. The Morgan fingerprint density at radius 2 is 2.00 bits per heavy atom. The monoisotopic (exact) mass is 336 g/mol. The Labute approximate surface area is 115 Å². The van der Waals surface area contributed by atoms with Gasteiger partial charge in [0.15, 0.2) is 0 Å². The molecule has 0 radical (unpaired) electrons. The minimum atomic E-state index is -0.559. The van der Waals surface area contributed by atoms with Crippen molar-refractivity contribution < 1.29 is 8.78 Å². The third-order valence-electron chi connectivity index (χ3n) is 2.32. The van der Waals surface area contributed by atoms with Gasteiger partial charge in [0.2, 0.25) is 0 Å². The van der Waals surface area contributed by atoms with Crippen LogP contribution in [0.2, 0.25) is 4.34 Å². The van der Waals surface area contributed by atoms with Crippen molar-refractivity contribution in [3.63, 3.8) is 0 Å². The fourth-order valence-electron chi connectivity index (χ4n) is 1.48. The second-order valence-corrected chi connectivity index (χ2v) is 6.40. The first kappa shape index (κ1) is 13.0. The van der Waals surface area contributed by atoms with E-state index in [2.05, 4.69) is 15.9 Å². The zero-order valence-corrected chi connectivity index (χ0v) is 11.7. The average Bonchev–Trinajstić information content (AvgIpc) is 2.69. The lowest BCUT2D eigenvalue weighted by atomic mass is 10.1. The molecule has 2 rings (SSSR count). The number of hydrogen-bond donors (Lipinski definition) is 0. The van der Waals surface area contributed by atoms with Gasteiger partial charge in [0.1, 0.15) is 11.6 Å². The van der Waals surface area contributed by atoms with Crippen LogP contribution in [0.4, 0.5) is 8.78 Å². The first-order valence-corrected chi connectivity index (χ1v) is 7.00. The lowest BCUT2D eigenvalue weighted by Crippen LogP contribution is -1.97. The third kappa shape index (κ3) is 3.27. The Hall–Kier alpha value is -0.450. The van der Waals surface area contributed by atoms with Crippen LogP contribution in [0.1, 0.15) is 15.3 Å². The van der Waals surface area contributed by atoms with E-state index in [0.717, 1.165) is 10.9 Å². The van der Waals surface area contributed by atoms with E-state index in [-0.39, 0.29) is 4.83 Å². The summed E-state index contributed by atoms with van der Waals surface area (Å²) >= 11 is 10.8. The van der Waals surface area contributed by atoms with E-state index in [1.807, 2.05) is 6.07 Å². The van der Waals surface area contributed by atoms with E-state index in [4.69, 9.17) is 11.6 Å². The van der Waals surface area contributed by atoms with Crippen LogP contribution in [0.15, 0.2) is 30.3 Å². The Kier molecular flexibility index (Phi) is 4.17. The number of benzene rings is 1. The van der Waals surface area contributed by atoms with Crippen molar-refractivity contribution in [1.82, 2.24) is 0 Å². The van der Waals surface area contributed by atoms with Crippen molar-refractivity contribution >= 4 is 38.9 Å². The van der Waals surface area contributed by atoms with Crippen molar-refractivity contribution in [2.24, 2.45) is 0 Å². The molecule has 1 aromatic heterocycles. The summed E-state index contributed by atoms with van der Waals surface area (Å²) in [6.45, 7) is 0.